The molecule has 0 atom stereocenters. The highest BCUT2D eigenvalue weighted by molar-refractivity contribution is 5.83. The number of aliphatic imine (C=N–C) groups is 1. The van der Waals surface area contributed by atoms with Crippen molar-refractivity contribution in [1.29, 1.82) is 0 Å². The number of aromatic nitrogens is 1. The van der Waals surface area contributed by atoms with Gasteiger partial charge in [-0.05, 0) is 37.8 Å². The zero-order valence-corrected chi connectivity index (χ0v) is 14.2. The monoisotopic (exact) mass is 316 g/mol. The number of fused-ring (bicyclic) bond motifs is 1. The molecular weight excluding hydrogens is 288 g/mol. The molecule has 1 aromatic heterocycles. The van der Waals surface area contributed by atoms with E-state index in [1.807, 2.05) is 6.92 Å². The molecule has 1 aromatic carbocycles. The first-order valence-corrected chi connectivity index (χ1v) is 8.42. The third-order valence-corrected chi connectivity index (χ3v) is 3.78. The summed E-state index contributed by atoms with van der Waals surface area (Å²) in [6.07, 6.45) is 5.23. The topological polar surface area (TPSA) is 61.4 Å². The van der Waals surface area contributed by atoms with E-state index in [9.17, 15) is 0 Å². The first-order valence-electron chi connectivity index (χ1n) is 8.42. The predicted molar refractivity (Wildman–Crippen MR) is 97.1 cm³/mol. The summed E-state index contributed by atoms with van der Waals surface area (Å²) in [5, 5.41) is 7.99. The van der Waals surface area contributed by atoms with Crippen LogP contribution in [-0.2, 0) is 11.2 Å². The summed E-state index contributed by atoms with van der Waals surface area (Å²) in [6, 6.07) is 8.44. The van der Waals surface area contributed by atoms with Crippen LogP contribution in [0.1, 0.15) is 25.3 Å². The number of rotatable bonds is 9. The van der Waals surface area contributed by atoms with E-state index in [4.69, 9.17) is 4.74 Å². The molecule has 3 N–H and O–H groups in total. The number of guanidine groups is 1. The highest BCUT2D eigenvalue weighted by Gasteiger charge is 2.03. The second-order valence-corrected chi connectivity index (χ2v) is 5.44. The first kappa shape index (κ1) is 17.3. The zero-order valence-electron chi connectivity index (χ0n) is 14.2. The van der Waals surface area contributed by atoms with Crippen molar-refractivity contribution >= 4 is 16.9 Å². The van der Waals surface area contributed by atoms with Crippen LogP contribution in [0, 0.1) is 0 Å². The van der Waals surface area contributed by atoms with Gasteiger partial charge in [-0.25, -0.2) is 0 Å². The molecule has 0 aliphatic rings. The largest absolute Gasteiger partial charge is 0.382 e. The smallest absolute Gasteiger partial charge is 0.190 e. The lowest BCUT2D eigenvalue weighted by Gasteiger charge is -2.11. The van der Waals surface area contributed by atoms with Crippen molar-refractivity contribution in [3.63, 3.8) is 0 Å². The number of nitrogens with one attached hydrogen (secondary N) is 3. The number of aryl methyl sites for hydroxylation is 1. The van der Waals surface area contributed by atoms with E-state index < -0.39 is 0 Å². The molecule has 0 aliphatic carbocycles. The highest BCUT2D eigenvalue weighted by Crippen LogP contribution is 2.18. The van der Waals surface area contributed by atoms with Crippen molar-refractivity contribution < 1.29 is 4.74 Å². The van der Waals surface area contributed by atoms with Crippen molar-refractivity contribution in [2.75, 3.05) is 33.4 Å². The maximum Gasteiger partial charge on any atom is 0.190 e. The maximum atomic E-state index is 5.32. The van der Waals surface area contributed by atoms with Crippen molar-refractivity contribution in [3.8, 4) is 0 Å². The van der Waals surface area contributed by atoms with Crippen LogP contribution in [0.15, 0.2) is 35.5 Å². The lowest BCUT2D eigenvalue weighted by Crippen LogP contribution is -2.38. The molecule has 126 valence electrons. The van der Waals surface area contributed by atoms with Gasteiger partial charge in [0, 0.05) is 50.5 Å². The Balaban J connectivity index is 1.65. The molecule has 0 spiro atoms. The van der Waals surface area contributed by atoms with E-state index in [2.05, 4.69) is 51.1 Å². The maximum absolute atomic E-state index is 5.32. The average Bonchev–Trinajstić information content (AvgIpc) is 3.00. The van der Waals surface area contributed by atoms with Gasteiger partial charge >= 0.3 is 0 Å². The number of hydrogen-bond acceptors (Lipinski definition) is 2. The summed E-state index contributed by atoms with van der Waals surface area (Å²) in [7, 11) is 1.80. The van der Waals surface area contributed by atoms with Gasteiger partial charge in [-0.2, -0.15) is 0 Å². The molecule has 0 saturated heterocycles. The summed E-state index contributed by atoms with van der Waals surface area (Å²) in [5.74, 6) is 0.862. The standard InChI is InChI=1S/C18H28N4O/c1-3-23-13-7-12-21-18(19-2)20-11-6-8-15-14-22-17-10-5-4-9-16(15)17/h4-5,9-10,14,22H,3,6-8,11-13H2,1-2H3,(H2,19,20,21). The molecule has 2 rings (SSSR count). The molecule has 2 aromatic rings. The molecule has 0 unspecified atom stereocenters. The van der Waals surface area contributed by atoms with E-state index in [-0.39, 0.29) is 0 Å². The molecule has 0 saturated carbocycles. The molecule has 0 bridgehead atoms. The molecule has 5 heteroatoms. The highest BCUT2D eigenvalue weighted by atomic mass is 16.5. The Morgan fingerprint density at radius 1 is 1.17 bits per heavy atom. The van der Waals surface area contributed by atoms with Gasteiger partial charge in [-0.3, -0.25) is 4.99 Å². The Morgan fingerprint density at radius 2 is 1.96 bits per heavy atom. The van der Waals surface area contributed by atoms with Crippen LogP contribution in [0.2, 0.25) is 0 Å². The van der Waals surface area contributed by atoms with Crippen LogP contribution in [0.5, 0.6) is 0 Å². The van der Waals surface area contributed by atoms with Gasteiger partial charge in [0.1, 0.15) is 0 Å². The zero-order chi connectivity index (χ0) is 16.3. The molecular formula is C18H28N4O. The Hall–Kier alpha value is -2.01. The molecule has 23 heavy (non-hydrogen) atoms. The first-order chi connectivity index (χ1) is 11.3. The Bertz CT molecular complexity index is 606. The van der Waals surface area contributed by atoms with Crippen LogP contribution >= 0.6 is 0 Å². The van der Waals surface area contributed by atoms with E-state index >= 15 is 0 Å². The van der Waals surface area contributed by atoms with Crippen LogP contribution in [0.25, 0.3) is 10.9 Å². The van der Waals surface area contributed by atoms with Gasteiger partial charge < -0.3 is 20.4 Å². The molecule has 0 fully saturated rings. The summed E-state index contributed by atoms with van der Waals surface area (Å²) in [6.45, 7) is 5.37. The van der Waals surface area contributed by atoms with E-state index in [1.54, 1.807) is 7.05 Å². The third kappa shape index (κ3) is 5.60. The number of aromatic amines is 1. The number of benzene rings is 1. The van der Waals surface area contributed by atoms with Gasteiger partial charge in [-0.15, -0.1) is 0 Å². The van der Waals surface area contributed by atoms with Crippen LogP contribution in [-0.4, -0.2) is 44.3 Å². The Kier molecular flexibility index (Phi) is 7.46. The number of ether oxygens (including phenoxy) is 1. The number of hydrogen-bond donors (Lipinski definition) is 3. The van der Waals surface area contributed by atoms with Gasteiger partial charge in [0.15, 0.2) is 5.96 Å². The second kappa shape index (κ2) is 9.90. The SMILES string of the molecule is CCOCCCNC(=NC)NCCCc1c[nH]c2ccccc12. The lowest BCUT2D eigenvalue weighted by atomic mass is 10.1. The summed E-state index contributed by atoms with van der Waals surface area (Å²) in [4.78, 5) is 7.56. The quantitative estimate of drug-likeness (QED) is 0.379. The minimum atomic E-state index is 0.779. The summed E-state index contributed by atoms with van der Waals surface area (Å²) >= 11 is 0. The van der Waals surface area contributed by atoms with E-state index in [0.717, 1.165) is 51.5 Å². The lowest BCUT2D eigenvalue weighted by molar-refractivity contribution is 0.145. The van der Waals surface area contributed by atoms with Gasteiger partial charge in [0.2, 0.25) is 0 Å². The van der Waals surface area contributed by atoms with E-state index in [0.29, 0.717) is 0 Å². The predicted octanol–water partition coefficient (Wildman–Crippen LogP) is 2.69. The van der Waals surface area contributed by atoms with Crippen molar-refractivity contribution in [2.45, 2.75) is 26.2 Å². The normalized spacial score (nSPS) is 11.8. The van der Waals surface area contributed by atoms with Gasteiger partial charge in [0.05, 0.1) is 0 Å². The minimum Gasteiger partial charge on any atom is -0.382 e. The number of nitrogens with zero attached hydrogens (tertiary/aromatic N) is 1. The van der Waals surface area contributed by atoms with Crippen LogP contribution in [0.4, 0.5) is 0 Å². The fourth-order valence-electron chi connectivity index (χ4n) is 2.57. The fourth-order valence-corrected chi connectivity index (χ4v) is 2.57. The summed E-state index contributed by atoms with van der Waals surface area (Å²) < 4.78 is 5.32. The number of para-hydroxylation sites is 1. The van der Waals surface area contributed by atoms with Crippen LogP contribution in [0.3, 0.4) is 0 Å². The van der Waals surface area contributed by atoms with Gasteiger partial charge in [-0.1, -0.05) is 18.2 Å². The van der Waals surface area contributed by atoms with Crippen molar-refractivity contribution in [2.24, 2.45) is 4.99 Å². The molecule has 5 nitrogen and oxygen atoms in total. The van der Waals surface area contributed by atoms with Gasteiger partial charge in [0.25, 0.3) is 0 Å². The number of H-pyrrole nitrogens is 1. The Labute approximate surface area is 138 Å². The van der Waals surface area contributed by atoms with Crippen LogP contribution < -0.4 is 10.6 Å². The van der Waals surface area contributed by atoms with E-state index in [1.165, 1.54) is 16.5 Å². The van der Waals surface area contributed by atoms with Crippen molar-refractivity contribution in [1.82, 2.24) is 15.6 Å². The second-order valence-electron chi connectivity index (χ2n) is 5.44. The minimum absolute atomic E-state index is 0.779. The summed E-state index contributed by atoms with van der Waals surface area (Å²) in [5.41, 5.74) is 2.59. The molecule has 0 radical (unpaired) electrons. The molecule has 0 aliphatic heterocycles. The van der Waals surface area contributed by atoms with Crippen molar-refractivity contribution in [3.05, 3.63) is 36.0 Å². The molecule has 1 heterocycles. The fraction of sp³-hybridized carbons (Fsp3) is 0.500. The molecule has 0 amide bonds. The third-order valence-electron chi connectivity index (χ3n) is 3.78. The Morgan fingerprint density at radius 3 is 2.74 bits per heavy atom. The average molecular weight is 316 g/mol.